The van der Waals surface area contributed by atoms with E-state index in [0.29, 0.717) is 31.5 Å². The molecule has 1 amide bonds. The Balaban J connectivity index is 1.64. The average Bonchev–Trinajstić information content (AvgIpc) is 2.68. The van der Waals surface area contributed by atoms with Crippen molar-refractivity contribution >= 4 is 15.9 Å². The number of sulfonamides is 1. The van der Waals surface area contributed by atoms with Crippen molar-refractivity contribution < 1.29 is 13.2 Å². The van der Waals surface area contributed by atoms with Gasteiger partial charge in [-0.05, 0) is 63.3 Å². The zero-order valence-electron chi connectivity index (χ0n) is 15.1. The Bertz CT molecular complexity index is 790. The first-order chi connectivity index (χ1) is 12.4. The SMILES string of the molecule is C[C@H]1CCCCN1C(=O)C1CCN(S(=O)(=O)c2ccc(C#N)cc2)CC1. The Labute approximate surface area is 155 Å². The number of likely N-dealkylation sites (tertiary alicyclic amines) is 1. The summed E-state index contributed by atoms with van der Waals surface area (Å²) in [6.07, 6.45) is 4.42. The number of amides is 1. The summed E-state index contributed by atoms with van der Waals surface area (Å²) < 4.78 is 27.0. The maximum Gasteiger partial charge on any atom is 0.243 e. The minimum absolute atomic E-state index is 0.0806. The molecule has 1 aromatic carbocycles. The molecule has 0 aliphatic carbocycles. The fourth-order valence-corrected chi connectivity index (χ4v) is 5.32. The maximum atomic E-state index is 12.8. The monoisotopic (exact) mass is 375 g/mol. The van der Waals surface area contributed by atoms with E-state index >= 15 is 0 Å². The lowest BCUT2D eigenvalue weighted by molar-refractivity contribution is -0.140. The molecule has 0 radical (unpaired) electrons. The van der Waals surface area contributed by atoms with Gasteiger partial charge in [-0.15, -0.1) is 0 Å². The third-order valence-corrected chi connectivity index (χ3v) is 7.42. The molecule has 6 nitrogen and oxygen atoms in total. The highest BCUT2D eigenvalue weighted by Crippen LogP contribution is 2.27. The molecule has 2 saturated heterocycles. The Morgan fingerprint density at radius 2 is 1.73 bits per heavy atom. The van der Waals surface area contributed by atoms with Gasteiger partial charge in [-0.3, -0.25) is 4.79 Å². The molecule has 0 spiro atoms. The van der Waals surface area contributed by atoms with E-state index in [2.05, 4.69) is 6.92 Å². The minimum Gasteiger partial charge on any atom is -0.340 e. The zero-order valence-corrected chi connectivity index (χ0v) is 15.9. The van der Waals surface area contributed by atoms with Crippen LogP contribution in [0.15, 0.2) is 29.2 Å². The van der Waals surface area contributed by atoms with E-state index in [0.717, 1.165) is 19.4 Å². The molecule has 2 fully saturated rings. The number of rotatable bonds is 3. The molecule has 0 aromatic heterocycles. The Hall–Kier alpha value is -1.91. The van der Waals surface area contributed by atoms with Crippen LogP contribution in [-0.2, 0) is 14.8 Å². The van der Waals surface area contributed by atoms with Crippen molar-refractivity contribution in [3.8, 4) is 6.07 Å². The number of nitriles is 1. The molecule has 1 aromatic rings. The van der Waals surface area contributed by atoms with Gasteiger partial charge in [0, 0.05) is 31.6 Å². The van der Waals surface area contributed by atoms with Gasteiger partial charge in [-0.25, -0.2) is 8.42 Å². The summed E-state index contributed by atoms with van der Waals surface area (Å²) in [7, 11) is -3.57. The molecule has 2 aliphatic heterocycles. The highest BCUT2D eigenvalue weighted by atomic mass is 32.2. The summed E-state index contributed by atoms with van der Waals surface area (Å²) in [5, 5.41) is 8.84. The van der Waals surface area contributed by atoms with E-state index in [1.807, 2.05) is 11.0 Å². The molecule has 0 bridgehead atoms. The van der Waals surface area contributed by atoms with Gasteiger partial charge >= 0.3 is 0 Å². The summed E-state index contributed by atoms with van der Waals surface area (Å²) in [5.74, 6) is 0.107. The van der Waals surface area contributed by atoms with Gasteiger partial charge in [0.2, 0.25) is 15.9 Å². The standard InChI is InChI=1S/C19H25N3O3S/c1-15-4-2-3-11-22(15)19(23)17-9-12-21(13-10-17)26(24,25)18-7-5-16(14-20)6-8-18/h5-8,15,17H,2-4,9-13H2,1H3/t15-/m0/s1. The van der Waals surface area contributed by atoms with Crippen LogP contribution in [-0.4, -0.2) is 49.2 Å². The van der Waals surface area contributed by atoms with Gasteiger partial charge in [0.15, 0.2) is 0 Å². The molecule has 26 heavy (non-hydrogen) atoms. The largest absolute Gasteiger partial charge is 0.340 e. The number of hydrogen-bond acceptors (Lipinski definition) is 4. The first-order valence-electron chi connectivity index (χ1n) is 9.24. The highest BCUT2D eigenvalue weighted by Gasteiger charge is 2.35. The van der Waals surface area contributed by atoms with E-state index in [1.165, 1.54) is 35.0 Å². The van der Waals surface area contributed by atoms with E-state index in [-0.39, 0.29) is 22.8 Å². The van der Waals surface area contributed by atoms with E-state index in [1.54, 1.807) is 0 Å². The molecule has 3 rings (SSSR count). The van der Waals surface area contributed by atoms with Crippen LogP contribution in [0, 0.1) is 17.2 Å². The quantitative estimate of drug-likeness (QED) is 0.812. The minimum atomic E-state index is -3.57. The fourth-order valence-electron chi connectivity index (χ4n) is 3.85. The molecule has 140 valence electrons. The predicted molar refractivity (Wildman–Crippen MR) is 97.7 cm³/mol. The topological polar surface area (TPSA) is 81.5 Å². The second-order valence-electron chi connectivity index (χ2n) is 7.19. The summed E-state index contributed by atoms with van der Waals surface area (Å²) in [6, 6.07) is 8.25. The van der Waals surface area contributed by atoms with Crippen molar-refractivity contribution in [2.45, 2.75) is 50.0 Å². The lowest BCUT2D eigenvalue weighted by Crippen LogP contribution is -2.48. The van der Waals surface area contributed by atoms with Crippen molar-refractivity contribution in [1.29, 1.82) is 5.26 Å². The van der Waals surface area contributed by atoms with E-state index < -0.39 is 10.0 Å². The van der Waals surface area contributed by atoms with Crippen LogP contribution in [0.25, 0.3) is 0 Å². The van der Waals surface area contributed by atoms with Crippen molar-refractivity contribution in [3.05, 3.63) is 29.8 Å². The first-order valence-corrected chi connectivity index (χ1v) is 10.7. The predicted octanol–water partition coefficient (Wildman–Crippen LogP) is 2.36. The molecule has 7 heteroatoms. The second kappa shape index (κ2) is 7.77. The summed E-state index contributed by atoms with van der Waals surface area (Å²) >= 11 is 0. The van der Waals surface area contributed by atoms with Gasteiger partial charge in [0.1, 0.15) is 0 Å². The van der Waals surface area contributed by atoms with Crippen molar-refractivity contribution in [2.75, 3.05) is 19.6 Å². The van der Waals surface area contributed by atoms with Gasteiger partial charge in [-0.1, -0.05) is 0 Å². The number of carbonyl (C=O) groups is 1. The zero-order chi connectivity index (χ0) is 18.7. The molecule has 2 heterocycles. The number of carbonyl (C=O) groups excluding carboxylic acids is 1. The number of nitrogens with zero attached hydrogens (tertiary/aromatic N) is 3. The van der Waals surface area contributed by atoms with Crippen LogP contribution in [0.1, 0.15) is 44.6 Å². The van der Waals surface area contributed by atoms with Crippen molar-refractivity contribution in [2.24, 2.45) is 5.92 Å². The molecule has 2 aliphatic rings. The van der Waals surface area contributed by atoms with Crippen LogP contribution < -0.4 is 0 Å². The highest BCUT2D eigenvalue weighted by molar-refractivity contribution is 7.89. The molecular weight excluding hydrogens is 350 g/mol. The van der Waals surface area contributed by atoms with Gasteiger partial charge in [-0.2, -0.15) is 9.57 Å². The van der Waals surface area contributed by atoms with Gasteiger partial charge in [0.05, 0.1) is 16.5 Å². The lowest BCUT2D eigenvalue weighted by atomic mass is 9.94. The van der Waals surface area contributed by atoms with Crippen LogP contribution in [0.3, 0.4) is 0 Å². The van der Waals surface area contributed by atoms with Crippen molar-refractivity contribution in [1.82, 2.24) is 9.21 Å². The average molecular weight is 375 g/mol. The van der Waals surface area contributed by atoms with Crippen LogP contribution >= 0.6 is 0 Å². The van der Waals surface area contributed by atoms with E-state index in [4.69, 9.17) is 5.26 Å². The maximum absolute atomic E-state index is 12.8. The molecule has 1 atom stereocenters. The number of hydrogen-bond donors (Lipinski definition) is 0. The number of benzene rings is 1. The Kier molecular flexibility index (Phi) is 5.64. The number of piperidine rings is 2. The van der Waals surface area contributed by atoms with Crippen molar-refractivity contribution in [3.63, 3.8) is 0 Å². The molecular formula is C19H25N3O3S. The molecule has 0 saturated carbocycles. The lowest BCUT2D eigenvalue weighted by Gasteiger charge is -2.38. The smallest absolute Gasteiger partial charge is 0.243 e. The van der Waals surface area contributed by atoms with Crippen LogP contribution in [0.5, 0.6) is 0 Å². The normalized spacial score (nSPS) is 22.8. The first kappa shape index (κ1) is 18.9. The third kappa shape index (κ3) is 3.76. The van der Waals surface area contributed by atoms with Gasteiger partial charge in [0.25, 0.3) is 0 Å². The van der Waals surface area contributed by atoms with Crippen LogP contribution in [0.2, 0.25) is 0 Å². The summed E-state index contributed by atoms with van der Waals surface area (Å²) in [5.41, 5.74) is 0.434. The third-order valence-electron chi connectivity index (χ3n) is 5.51. The van der Waals surface area contributed by atoms with Crippen LogP contribution in [0.4, 0.5) is 0 Å². The van der Waals surface area contributed by atoms with E-state index in [9.17, 15) is 13.2 Å². The summed E-state index contributed by atoms with van der Waals surface area (Å²) in [6.45, 7) is 3.65. The Morgan fingerprint density at radius 3 is 2.31 bits per heavy atom. The molecule has 0 unspecified atom stereocenters. The Morgan fingerprint density at radius 1 is 1.08 bits per heavy atom. The second-order valence-corrected chi connectivity index (χ2v) is 9.13. The fraction of sp³-hybridized carbons (Fsp3) is 0.579. The molecule has 0 N–H and O–H groups in total. The van der Waals surface area contributed by atoms with Gasteiger partial charge < -0.3 is 4.90 Å². The summed E-state index contributed by atoms with van der Waals surface area (Å²) in [4.78, 5) is 15.0.